The lowest BCUT2D eigenvalue weighted by Gasteiger charge is -2.34. The second-order valence-corrected chi connectivity index (χ2v) is 5.98. The number of imidazole rings is 1. The van der Waals surface area contributed by atoms with Gasteiger partial charge in [-0.05, 0) is 32.0 Å². The fraction of sp³-hybridized carbons (Fsp3) is 0.467. The Labute approximate surface area is 117 Å². The standard InChI is InChI=1S/C15H19N5/c1-10-4-6-19(2)9-12(10)15-18-8-11-7-17-14-13(20(11)15)3-5-16-14/h3,5,7-8,10,12,16H,4,6,9H2,1-2H3. The molecule has 3 aromatic rings. The molecular formula is C15H19N5. The number of aromatic nitrogens is 4. The smallest absolute Gasteiger partial charge is 0.154 e. The third-order valence-corrected chi connectivity index (χ3v) is 4.58. The molecule has 1 aliphatic rings. The summed E-state index contributed by atoms with van der Waals surface area (Å²) in [6, 6.07) is 2.08. The van der Waals surface area contributed by atoms with Crippen molar-refractivity contribution in [3.63, 3.8) is 0 Å². The molecule has 3 aromatic heterocycles. The van der Waals surface area contributed by atoms with Crippen molar-refractivity contribution in [2.45, 2.75) is 19.3 Å². The quantitative estimate of drug-likeness (QED) is 0.737. The first kappa shape index (κ1) is 11.9. The average molecular weight is 269 g/mol. The second kappa shape index (κ2) is 4.31. The zero-order valence-corrected chi connectivity index (χ0v) is 11.9. The Kier molecular flexibility index (Phi) is 2.57. The molecule has 1 N–H and O–H groups in total. The first-order valence-electron chi connectivity index (χ1n) is 7.22. The summed E-state index contributed by atoms with van der Waals surface area (Å²) in [6.07, 6.45) is 7.01. The minimum atomic E-state index is 0.483. The number of aromatic amines is 1. The van der Waals surface area contributed by atoms with E-state index in [2.05, 4.69) is 39.3 Å². The fourth-order valence-electron chi connectivity index (χ4n) is 3.33. The SMILES string of the molecule is CC1CCN(C)CC1c1ncc2cnc3[nH]ccc3n12. The summed E-state index contributed by atoms with van der Waals surface area (Å²) < 4.78 is 2.26. The molecule has 4 heterocycles. The van der Waals surface area contributed by atoms with Gasteiger partial charge < -0.3 is 9.88 Å². The van der Waals surface area contributed by atoms with Gasteiger partial charge in [0.05, 0.1) is 23.4 Å². The third kappa shape index (κ3) is 1.66. The van der Waals surface area contributed by atoms with E-state index in [1.807, 2.05) is 18.6 Å². The molecule has 104 valence electrons. The zero-order chi connectivity index (χ0) is 13.7. The van der Waals surface area contributed by atoms with Gasteiger partial charge in [0.15, 0.2) is 5.65 Å². The average Bonchev–Trinajstić information content (AvgIpc) is 3.06. The Morgan fingerprint density at radius 2 is 2.15 bits per heavy atom. The van der Waals surface area contributed by atoms with Gasteiger partial charge in [-0.3, -0.25) is 4.40 Å². The predicted molar refractivity (Wildman–Crippen MR) is 78.9 cm³/mol. The number of hydrogen-bond donors (Lipinski definition) is 1. The maximum atomic E-state index is 4.72. The molecule has 1 fully saturated rings. The Morgan fingerprint density at radius 1 is 1.30 bits per heavy atom. The highest BCUT2D eigenvalue weighted by molar-refractivity contribution is 5.75. The van der Waals surface area contributed by atoms with E-state index >= 15 is 0 Å². The molecule has 20 heavy (non-hydrogen) atoms. The van der Waals surface area contributed by atoms with Crippen LogP contribution in [0.15, 0.2) is 24.7 Å². The summed E-state index contributed by atoms with van der Waals surface area (Å²) in [6.45, 7) is 4.60. The summed E-state index contributed by atoms with van der Waals surface area (Å²) in [5.74, 6) is 2.32. The lowest BCUT2D eigenvalue weighted by Crippen LogP contribution is -2.36. The van der Waals surface area contributed by atoms with Crippen molar-refractivity contribution < 1.29 is 0 Å². The molecule has 0 aromatic carbocycles. The molecule has 0 radical (unpaired) electrons. The summed E-state index contributed by atoms with van der Waals surface area (Å²) >= 11 is 0. The van der Waals surface area contributed by atoms with Crippen LogP contribution in [-0.2, 0) is 0 Å². The lowest BCUT2D eigenvalue weighted by molar-refractivity contribution is 0.194. The highest BCUT2D eigenvalue weighted by atomic mass is 15.1. The topological polar surface area (TPSA) is 49.2 Å². The minimum absolute atomic E-state index is 0.483. The number of fused-ring (bicyclic) bond motifs is 3. The molecule has 4 rings (SSSR count). The number of piperidine rings is 1. The number of hydrogen-bond acceptors (Lipinski definition) is 3. The third-order valence-electron chi connectivity index (χ3n) is 4.58. The van der Waals surface area contributed by atoms with Gasteiger partial charge in [-0.1, -0.05) is 6.92 Å². The lowest BCUT2D eigenvalue weighted by atomic mass is 9.86. The summed E-state index contributed by atoms with van der Waals surface area (Å²) in [4.78, 5) is 14.7. The number of likely N-dealkylation sites (tertiary alicyclic amines) is 1. The maximum Gasteiger partial charge on any atom is 0.154 e. The van der Waals surface area contributed by atoms with Gasteiger partial charge in [-0.2, -0.15) is 0 Å². The van der Waals surface area contributed by atoms with Gasteiger partial charge in [-0.15, -0.1) is 0 Å². The van der Waals surface area contributed by atoms with Gasteiger partial charge in [-0.25, -0.2) is 9.97 Å². The Bertz CT molecular complexity index is 756. The molecule has 0 amide bonds. The molecule has 0 saturated carbocycles. The summed E-state index contributed by atoms with van der Waals surface area (Å²) in [5, 5.41) is 0. The van der Waals surface area contributed by atoms with E-state index in [0.717, 1.165) is 23.2 Å². The van der Waals surface area contributed by atoms with Gasteiger partial charge in [0.25, 0.3) is 0 Å². The van der Waals surface area contributed by atoms with Crippen LogP contribution < -0.4 is 0 Å². The van der Waals surface area contributed by atoms with E-state index in [4.69, 9.17) is 4.98 Å². The van der Waals surface area contributed by atoms with Gasteiger partial charge in [0, 0.05) is 18.7 Å². The second-order valence-electron chi connectivity index (χ2n) is 5.98. The molecule has 5 nitrogen and oxygen atoms in total. The van der Waals surface area contributed by atoms with Crippen LogP contribution in [0.5, 0.6) is 0 Å². The molecule has 0 spiro atoms. The number of rotatable bonds is 1. The van der Waals surface area contributed by atoms with E-state index < -0.39 is 0 Å². The van der Waals surface area contributed by atoms with E-state index in [1.165, 1.54) is 18.8 Å². The van der Waals surface area contributed by atoms with Crippen LogP contribution in [0.1, 0.15) is 25.1 Å². The van der Waals surface area contributed by atoms with Crippen molar-refractivity contribution in [1.82, 2.24) is 24.3 Å². The van der Waals surface area contributed by atoms with Crippen LogP contribution in [0.4, 0.5) is 0 Å². The summed E-state index contributed by atoms with van der Waals surface area (Å²) in [7, 11) is 2.20. The van der Waals surface area contributed by atoms with Crippen molar-refractivity contribution in [1.29, 1.82) is 0 Å². The van der Waals surface area contributed by atoms with Crippen molar-refractivity contribution >= 4 is 16.7 Å². The Hall–Kier alpha value is -1.88. The van der Waals surface area contributed by atoms with Crippen molar-refractivity contribution in [3.05, 3.63) is 30.5 Å². The van der Waals surface area contributed by atoms with Crippen molar-refractivity contribution in [3.8, 4) is 0 Å². The Balaban J connectivity index is 1.92. The van der Waals surface area contributed by atoms with Crippen LogP contribution in [0.25, 0.3) is 16.7 Å². The molecule has 0 aliphatic carbocycles. The van der Waals surface area contributed by atoms with E-state index in [1.54, 1.807) is 0 Å². The monoisotopic (exact) mass is 269 g/mol. The van der Waals surface area contributed by atoms with E-state index in [-0.39, 0.29) is 0 Å². The molecular weight excluding hydrogens is 250 g/mol. The maximum absolute atomic E-state index is 4.72. The predicted octanol–water partition coefficient (Wildman–Crippen LogP) is 2.27. The van der Waals surface area contributed by atoms with Crippen LogP contribution in [0.3, 0.4) is 0 Å². The Morgan fingerprint density at radius 3 is 3.05 bits per heavy atom. The number of nitrogens with zero attached hydrogens (tertiary/aromatic N) is 4. The van der Waals surface area contributed by atoms with Crippen LogP contribution in [0.2, 0.25) is 0 Å². The number of likely N-dealkylation sites (N-methyl/N-ethyl adjacent to an activating group) is 1. The highest BCUT2D eigenvalue weighted by Crippen LogP contribution is 2.32. The molecule has 1 aliphatic heterocycles. The fourth-order valence-corrected chi connectivity index (χ4v) is 3.33. The van der Waals surface area contributed by atoms with Gasteiger partial charge >= 0.3 is 0 Å². The minimum Gasteiger partial charge on any atom is -0.345 e. The molecule has 1 saturated heterocycles. The number of H-pyrrole nitrogens is 1. The van der Waals surface area contributed by atoms with Crippen molar-refractivity contribution in [2.75, 3.05) is 20.1 Å². The summed E-state index contributed by atoms with van der Waals surface area (Å²) in [5.41, 5.74) is 3.12. The van der Waals surface area contributed by atoms with Crippen molar-refractivity contribution in [2.24, 2.45) is 5.92 Å². The van der Waals surface area contributed by atoms with Gasteiger partial charge in [0.1, 0.15) is 5.82 Å². The van der Waals surface area contributed by atoms with Gasteiger partial charge in [0.2, 0.25) is 0 Å². The normalized spacial score (nSPS) is 24.7. The molecule has 5 heteroatoms. The molecule has 0 bridgehead atoms. The first-order valence-corrected chi connectivity index (χ1v) is 7.22. The largest absolute Gasteiger partial charge is 0.345 e. The highest BCUT2D eigenvalue weighted by Gasteiger charge is 2.29. The van der Waals surface area contributed by atoms with Crippen LogP contribution in [0, 0.1) is 5.92 Å². The van der Waals surface area contributed by atoms with E-state index in [9.17, 15) is 0 Å². The van der Waals surface area contributed by atoms with E-state index in [0.29, 0.717) is 11.8 Å². The number of nitrogens with one attached hydrogen (secondary N) is 1. The van der Waals surface area contributed by atoms with Crippen LogP contribution in [-0.4, -0.2) is 44.4 Å². The zero-order valence-electron chi connectivity index (χ0n) is 11.9. The molecule has 2 atom stereocenters. The molecule has 2 unspecified atom stereocenters. The van der Waals surface area contributed by atoms with Crippen LogP contribution >= 0.6 is 0 Å². The first-order chi connectivity index (χ1) is 9.74.